The van der Waals surface area contributed by atoms with Crippen molar-refractivity contribution in [2.75, 3.05) is 0 Å². The van der Waals surface area contributed by atoms with E-state index in [0.717, 1.165) is 34.1 Å². The molecule has 6 aromatic rings. The number of phenols is 2. The van der Waals surface area contributed by atoms with Crippen LogP contribution in [0.5, 0.6) is 11.5 Å². The van der Waals surface area contributed by atoms with E-state index in [1.165, 1.54) is 109 Å². The van der Waals surface area contributed by atoms with E-state index >= 15 is 0 Å². The molecule has 0 saturated heterocycles. The van der Waals surface area contributed by atoms with E-state index in [0.29, 0.717) is 18.8 Å². The number of benzene rings is 6. The van der Waals surface area contributed by atoms with Gasteiger partial charge in [0.05, 0.1) is 0 Å². The SMILES string of the molecule is Cc1cc(C)c(O)c(C)c1.Cc1cc(C)c(O)c(C)c1.[CH3][Zr]([CH3])(=[SiH2])([CH]1C(C2CCCCC2)=Cc2c(-c3ccccc3)cccc21)[CH]1C(C2CCCCC2)=Cc2c(-c3ccccc3)cccc21. The van der Waals surface area contributed by atoms with Crippen LogP contribution >= 0.6 is 0 Å². The number of aryl methyl sites for hydroxylation is 6. The zero-order valence-electron chi connectivity index (χ0n) is 41.2. The van der Waals surface area contributed by atoms with Crippen LogP contribution in [0, 0.1) is 53.4 Å². The molecule has 0 amide bonds. The fourth-order valence-electron chi connectivity index (χ4n) is 12.8. The summed E-state index contributed by atoms with van der Waals surface area (Å²) in [5.41, 5.74) is 21.8. The van der Waals surface area contributed by atoms with Gasteiger partial charge in [0, 0.05) is 0 Å². The topological polar surface area (TPSA) is 40.5 Å². The minimum atomic E-state index is -3.76. The molecular formula is C62H74O2SiZr. The molecule has 0 aliphatic heterocycles. The van der Waals surface area contributed by atoms with Gasteiger partial charge in [0.1, 0.15) is 11.5 Å². The average molecular weight is 971 g/mol. The Bertz CT molecular complexity index is 2600. The fraction of sp³-hybridized carbons (Fsp3) is 0.355. The van der Waals surface area contributed by atoms with Crippen molar-refractivity contribution in [2.24, 2.45) is 11.8 Å². The van der Waals surface area contributed by atoms with Gasteiger partial charge >= 0.3 is 282 Å². The van der Waals surface area contributed by atoms with Crippen LogP contribution in [0.4, 0.5) is 0 Å². The fourth-order valence-corrected chi connectivity index (χ4v) is 32.2. The third-order valence-electron chi connectivity index (χ3n) is 15.7. The molecule has 4 heteroatoms. The molecule has 10 rings (SSSR count). The van der Waals surface area contributed by atoms with Crippen LogP contribution in [-0.2, 0) is 17.4 Å². The molecule has 0 heterocycles. The third-order valence-corrected chi connectivity index (χ3v) is 33.0. The second-order valence-electron chi connectivity index (χ2n) is 21.6. The number of allylic oxidation sites excluding steroid dienone is 2. The van der Waals surface area contributed by atoms with Crippen molar-refractivity contribution >= 4 is 19.0 Å². The minimum absolute atomic E-state index is 0.422. The Balaban J connectivity index is 0.000000244. The maximum absolute atomic E-state index is 9.33. The van der Waals surface area contributed by atoms with E-state index in [2.05, 4.69) is 125 Å². The summed E-state index contributed by atoms with van der Waals surface area (Å²) in [4.78, 5) is 0. The molecule has 2 N–H and O–H groups in total. The predicted molar refractivity (Wildman–Crippen MR) is 283 cm³/mol. The average Bonchev–Trinajstić information content (AvgIpc) is 3.93. The van der Waals surface area contributed by atoms with Crippen molar-refractivity contribution in [3.8, 4) is 33.8 Å². The van der Waals surface area contributed by atoms with Crippen molar-refractivity contribution in [1.82, 2.24) is 0 Å². The predicted octanol–water partition coefficient (Wildman–Crippen LogP) is 16.7. The maximum atomic E-state index is 9.33. The second kappa shape index (κ2) is 20.0. The molecule has 4 aliphatic carbocycles. The Kier molecular flexibility index (Phi) is 14.5. The Morgan fingerprint density at radius 3 is 1.11 bits per heavy atom. The molecule has 0 radical (unpaired) electrons. The summed E-state index contributed by atoms with van der Waals surface area (Å²) >= 11 is -3.76. The van der Waals surface area contributed by atoms with Crippen LogP contribution in [-0.4, -0.2) is 17.1 Å². The summed E-state index contributed by atoms with van der Waals surface area (Å²) in [6, 6.07) is 45.0. The first-order valence-corrected chi connectivity index (χ1v) is 38.7. The molecule has 66 heavy (non-hydrogen) atoms. The van der Waals surface area contributed by atoms with E-state index in [-0.39, 0.29) is 0 Å². The van der Waals surface area contributed by atoms with Crippen LogP contribution in [0.3, 0.4) is 0 Å². The zero-order valence-corrected chi connectivity index (χ0v) is 45.1. The van der Waals surface area contributed by atoms with Crippen molar-refractivity contribution < 1.29 is 27.6 Å². The van der Waals surface area contributed by atoms with Gasteiger partial charge in [0.25, 0.3) is 0 Å². The first kappa shape index (κ1) is 48.0. The Labute approximate surface area is 399 Å². The molecule has 0 aromatic heterocycles. The number of rotatable bonds is 6. The normalized spacial score (nSPS) is 18.5. The standard InChI is InChI=1S/2C21H21.2C9H12O.2CH3.H2Si.Zr/c2*1-3-8-16(9-4-1)19-14-18-12-7-13-20(21(18)15-19)17-10-5-2-6-11-17;2*1-6-4-7(2)9(10)8(3)5-6;;;;/h2*2,5-7,10-16H,1,3-4,8-9H2;2*4-5,10H,1-3H3;2*1H3;1H2;. The molecule has 6 aromatic carbocycles. The van der Waals surface area contributed by atoms with Gasteiger partial charge in [0.2, 0.25) is 0 Å². The van der Waals surface area contributed by atoms with Gasteiger partial charge in [-0.1, -0.05) is 35.4 Å². The van der Waals surface area contributed by atoms with Crippen molar-refractivity contribution in [3.63, 3.8) is 0 Å². The number of aromatic hydroxyl groups is 2. The molecule has 2 unspecified atom stereocenters. The Morgan fingerprint density at radius 1 is 0.439 bits per heavy atom. The van der Waals surface area contributed by atoms with Crippen molar-refractivity contribution in [2.45, 2.75) is 122 Å². The number of phenolic OH excluding ortho intramolecular Hbond substituents is 2. The Morgan fingerprint density at radius 2 is 0.773 bits per heavy atom. The summed E-state index contributed by atoms with van der Waals surface area (Å²) in [6.07, 6.45) is 19.3. The molecule has 2 atom stereocenters. The van der Waals surface area contributed by atoms with Gasteiger partial charge < -0.3 is 10.2 Å². The summed E-state index contributed by atoms with van der Waals surface area (Å²) in [7, 11) is 0. The molecule has 342 valence electrons. The molecule has 0 spiro atoms. The van der Waals surface area contributed by atoms with Crippen molar-refractivity contribution in [1.29, 1.82) is 0 Å². The van der Waals surface area contributed by atoms with E-state index in [4.69, 9.17) is 0 Å². The van der Waals surface area contributed by atoms with E-state index in [9.17, 15) is 10.2 Å². The van der Waals surface area contributed by atoms with Crippen LogP contribution in [0.2, 0.25) is 9.26 Å². The molecule has 0 bridgehead atoms. The summed E-state index contributed by atoms with van der Waals surface area (Å²) in [5.74, 6) is 2.30. The summed E-state index contributed by atoms with van der Waals surface area (Å²) < 4.78 is 6.95. The van der Waals surface area contributed by atoms with Gasteiger partial charge in [-0.05, 0) is 63.8 Å². The molecule has 2 nitrogen and oxygen atoms in total. The number of hydrogen-bond acceptors (Lipinski definition) is 2. The quantitative estimate of drug-likeness (QED) is 0.163. The third kappa shape index (κ3) is 9.89. The second-order valence-corrected chi connectivity index (χ2v) is 52.1. The van der Waals surface area contributed by atoms with Crippen LogP contribution in [0.15, 0.2) is 132 Å². The van der Waals surface area contributed by atoms with Crippen LogP contribution in [0.25, 0.3) is 34.4 Å². The first-order chi connectivity index (χ1) is 31.6. The molecular weight excluding hydrogens is 896 g/mol. The van der Waals surface area contributed by atoms with Gasteiger partial charge in [-0.2, -0.15) is 0 Å². The number of fused-ring (bicyclic) bond motifs is 2. The monoisotopic (exact) mass is 968 g/mol. The van der Waals surface area contributed by atoms with E-state index in [1.807, 2.05) is 77.0 Å². The Hall–Kier alpha value is -4.50. The van der Waals surface area contributed by atoms with E-state index in [1.54, 1.807) is 11.1 Å². The van der Waals surface area contributed by atoms with Crippen LogP contribution < -0.4 is 0 Å². The van der Waals surface area contributed by atoms with Crippen molar-refractivity contribution in [3.05, 3.63) is 188 Å². The zero-order chi connectivity index (χ0) is 46.8. The summed E-state index contributed by atoms with van der Waals surface area (Å²) in [6.45, 7) is 14.3. The first-order valence-electron chi connectivity index (χ1n) is 25.0. The van der Waals surface area contributed by atoms with Crippen LogP contribution in [0.1, 0.15) is 127 Å². The van der Waals surface area contributed by atoms with Gasteiger partial charge in [-0.15, -0.1) is 0 Å². The van der Waals surface area contributed by atoms with E-state index < -0.39 is 17.4 Å². The number of hydrogen-bond donors (Lipinski definition) is 2. The summed E-state index contributed by atoms with van der Waals surface area (Å²) in [5, 5.41) is 18.7. The molecule has 2 fully saturated rings. The van der Waals surface area contributed by atoms with Gasteiger partial charge in [-0.3, -0.25) is 0 Å². The van der Waals surface area contributed by atoms with Gasteiger partial charge in [0.15, 0.2) is 0 Å². The molecule has 4 aliphatic rings. The van der Waals surface area contributed by atoms with Gasteiger partial charge in [-0.25, -0.2) is 0 Å². The molecule has 2 saturated carbocycles.